The van der Waals surface area contributed by atoms with Crippen molar-refractivity contribution in [3.05, 3.63) is 89.5 Å². The van der Waals surface area contributed by atoms with Crippen LogP contribution in [0.5, 0.6) is 5.75 Å². The lowest BCUT2D eigenvalue weighted by Gasteiger charge is -2.50. The van der Waals surface area contributed by atoms with Gasteiger partial charge in [-0.2, -0.15) is 10.2 Å². The van der Waals surface area contributed by atoms with Gasteiger partial charge < -0.3 is 10.0 Å². The minimum absolute atomic E-state index is 0.0710. The number of hydrogen-bond donors (Lipinski definition) is 1. The highest BCUT2D eigenvalue weighted by Gasteiger charge is 2.76. The molecule has 4 amide bonds. The Labute approximate surface area is 287 Å². The molecule has 246 valence electrons. The number of phenolic OH excluding ortho intramolecular Hbond substituents is 1. The van der Waals surface area contributed by atoms with Gasteiger partial charge in [-0.25, -0.2) is 0 Å². The third kappa shape index (κ3) is 4.45. The molecule has 2 heterocycles. The average molecular weight is 687 g/mol. The van der Waals surface area contributed by atoms with Gasteiger partial charge in [-0.1, -0.05) is 29.8 Å². The zero-order valence-electron chi connectivity index (χ0n) is 26.7. The fourth-order valence-electron chi connectivity index (χ4n) is 7.86. The number of amides is 4. The van der Waals surface area contributed by atoms with Crippen molar-refractivity contribution in [3.8, 4) is 5.75 Å². The van der Waals surface area contributed by atoms with E-state index < -0.39 is 51.1 Å². The maximum absolute atomic E-state index is 14.3. The van der Waals surface area contributed by atoms with Gasteiger partial charge in [-0.15, -0.1) is 23.2 Å². The fourth-order valence-corrected chi connectivity index (χ4v) is 8.87. The molecule has 3 aromatic carbocycles. The number of aryl methyl sites for hydroxylation is 1. The summed E-state index contributed by atoms with van der Waals surface area (Å²) >= 11 is 14.4. The number of allylic oxidation sites excluding steroid dienone is 2. The zero-order chi connectivity index (χ0) is 34.3. The van der Waals surface area contributed by atoms with Crippen molar-refractivity contribution in [2.75, 3.05) is 30.9 Å². The molecule has 0 aromatic heterocycles. The summed E-state index contributed by atoms with van der Waals surface area (Å²) in [4.78, 5) is 55.8. The lowest BCUT2D eigenvalue weighted by Crippen LogP contribution is -2.60. The first-order valence-corrected chi connectivity index (χ1v) is 16.4. The summed E-state index contributed by atoms with van der Waals surface area (Å²) in [6, 6.07) is 19.4. The molecular formula is C36H33Cl2N5O5. The Kier molecular flexibility index (Phi) is 7.52. The largest absolute Gasteiger partial charge is 0.507 e. The molecule has 2 aliphatic heterocycles. The van der Waals surface area contributed by atoms with Crippen LogP contribution in [0.2, 0.25) is 0 Å². The monoisotopic (exact) mass is 685 g/mol. The first-order valence-electron chi connectivity index (χ1n) is 15.7. The number of carbonyl (C=O) groups is 4. The maximum Gasteiger partial charge on any atom is 0.253 e. The van der Waals surface area contributed by atoms with Gasteiger partial charge in [0.1, 0.15) is 5.75 Å². The van der Waals surface area contributed by atoms with Crippen molar-refractivity contribution in [2.24, 2.45) is 28.0 Å². The number of fused-ring (bicyclic) bond motifs is 4. The van der Waals surface area contributed by atoms with Gasteiger partial charge in [0.15, 0.2) is 9.75 Å². The Morgan fingerprint density at radius 3 is 2.10 bits per heavy atom. The predicted octanol–water partition coefficient (Wildman–Crippen LogP) is 6.38. The SMILES string of the molecule is Cc1cccc(C2C3=CCC4C(=O)N(c5ccc(N=Nc6ccc(N(C)C)cc6)cc5)C(=O)C4C3CC3(Cl)C(=O)N(C)C(=O)C23Cl)c1O. The van der Waals surface area contributed by atoms with Crippen LogP contribution in [0.4, 0.5) is 22.7 Å². The van der Waals surface area contributed by atoms with Gasteiger partial charge in [0, 0.05) is 38.3 Å². The molecule has 0 radical (unpaired) electrons. The number of benzene rings is 3. The molecule has 10 nitrogen and oxygen atoms in total. The number of aromatic hydroxyl groups is 1. The van der Waals surface area contributed by atoms with Crippen molar-refractivity contribution >= 4 is 69.6 Å². The van der Waals surface area contributed by atoms with Gasteiger partial charge in [0.25, 0.3) is 11.8 Å². The quantitative estimate of drug-likeness (QED) is 0.144. The summed E-state index contributed by atoms with van der Waals surface area (Å²) in [5.74, 6) is -5.44. The first-order chi connectivity index (χ1) is 22.8. The number of likely N-dealkylation sites (tertiary alicyclic amines) is 1. The van der Waals surface area contributed by atoms with Crippen LogP contribution in [0, 0.1) is 24.7 Å². The van der Waals surface area contributed by atoms with Gasteiger partial charge in [0.2, 0.25) is 11.8 Å². The van der Waals surface area contributed by atoms with Crippen LogP contribution in [-0.2, 0) is 19.2 Å². The minimum Gasteiger partial charge on any atom is -0.507 e. The van der Waals surface area contributed by atoms with E-state index in [0.717, 1.165) is 10.6 Å². The van der Waals surface area contributed by atoms with Crippen molar-refractivity contribution in [1.82, 2.24) is 4.90 Å². The number of carbonyl (C=O) groups excluding carboxylic acids is 4. The second kappa shape index (κ2) is 11.3. The number of halogens is 2. The highest BCUT2D eigenvalue weighted by Crippen LogP contribution is 2.66. The predicted molar refractivity (Wildman–Crippen MR) is 182 cm³/mol. The summed E-state index contributed by atoms with van der Waals surface area (Å²) in [6.45, 7) is 1.72. The van der Waals surface area contributed by atoms with Gasteiger partial charge >= 0.3 is 0 Å². The summed E-state index contributed by atoms with van der Waals surface area (Å²) in [6.07, 6.45) is 1.95. The molecule has 2 aliphatic carbocycles. The standard InChI is InChI=1S/C36H33Cl2N5O5/c1-19-6-5-7-26(30(19)44)29-24-16-17-25-28(27(24)18-35(37)33(47)42(4)34(48)36(29,35)38)32(46)43(31(25)45)23-14-10-21(11-15-23)40-39-20-8-12-22(13-9-20)41(2)3/h5-16,25,27-29,44H,17-18H2,1-4H3. The molecule has 48 heavy (non-hydrogen) atoms. The van der Waals surface area contributed by atoms with Crippen LogP contribution < -0.4 is 9.80 Å². The van der Waals surface area contributed by atoms with E-state index in [9.17, 15) is 24.3 Å². The van der Waals surface area contributed by atoms with Gasteiger partial charge in [-0.3, -0.25) is 29.0 Å². The number of rotatable bonds is 5. The Balaban J connectivity index is 1.22. The number of alkyl halides is 2. The Bertz CT molecular complexity index is 1940. The minimum atomic E-state index is -1.95. The fraction of sp³-hybridized carbons (Fsp3) is 0.333. The maximum atomic E-state index is 14.3. The lowest BCUT2D eigenvalue weighted by atomic mass is 9.56. The van der Waals surface area contributed by atoms with Crippen molar-refractivity contribution in [2.45, 2.75) is 35.4 Å². The van der Waals surface area contributed by atoms with E-state index in [4.69, 9.17) is 23.2 Å². The van der Waals surface area contributed by atoms with E-state index in [1.165, 1.54) is 11.9 Å². The second-order valence-electron chi connectivity index (χ2n) is 13.1. The molecule has 3 aromatic rings. The first kappa shape index (κ1) is 32.0. The summed E-state index contributed by atoms with van der Waals surface area (Å²) in [5.41, 5.74) is 4.16. The van der Waals surface area contributed by atoms with Crippen molar-refractivity contribution in [1.29, 1.82) is 0 Å². The molecule has 6 atom stereocenters. The Morgan fingerprint density at radius 2 is 1.48 bits per heavy atom. The summed E-state index contributed by atoms with van der Waals surface area (Å²) in [7, 11) is 5.25. The van der Waals surface area contributed by atoms with E-state index in [1.54, 1.807) is 49.4 Å². The molecule has 0 spiro atoms. The Hall–Kier alpha value is -4.54. The lowest BCUT2D eigenvalue weighted by molar-refractivity contribution is -0.138. The molecule has 7 rings (SSSR count). The number of para-hydroxylation sites is 1. The number of nitrogens with zero attached hydrogens (tertiary/aromatic N) is 5. The van der Waals surface area contributed by atoms with Crippen LogP contribution in [0.15, 0.2) is 88.6 Å². The molecule has 4 aliphatic rings. The molecule has 1 N–H and O–H groups in total. The van der Waals surface area contributed by atoms with Crippen LogP contribution in [0.1, 0.15) is 29.9 Å². The molecule has 2 saturated heterocycles. The van der Waals surface area contributed by atoms with E-state index in [-0.39, 0.29) is 24.5 Å². The third-order valence-corrected chi connectivity index (χ3v) is 11.8. The highest BCUT2D eigenvalue weighted by atomic mass is 35.5. The Morgan fingerprint density at radius 1 is 0.854 bits per heavy atom. The van der Waals surface area contributed by atoms with E-state index >= 15 is 0 Å². The van der Waals surface area contributed by atoms with Crippen LogP contribution >= 0.6 is 23.2 Å². The number of phenols is 1. The normalized spacial score (nSPS) is 29.7. The smallest absolute Gasteiger partial charge is 0.253 e. The molecule has 1 saturated carbocycles. The topological polar surface area (TPSA) is 123 Å². The van der Waals surface area contributed by atoms with Crippen molar-refractivity contribution in [3.63, 3.8) is 0 Å². The third-order valence-electron chi connectivity index (χ3n) is 10.3. The summed E-state index contributed by atoms with van der Waals surface area (Å²) < 4.78 is 0. The number of imide groups is 2. The average Bonchev–Trinajstić information content (AvgIpc) is 3.40. The molecule has 6 unspecified atom stereocenters. The van der Waals surface area contributed by atoms with Crippen molar-refractivity contribution < 1.29 is 24.3 Å². The molecular weight excluding hydrogens is 653 g/mol. The number of anilines is 2. The van der Waals surface area contributed by atoms with Crippen LogP contribution in [-0.4, -0.2) is 64.5 Å². The highest BCUT2D eigenvalue weighted by molar-refractivity contribution is 6.53. The number of azo groups is 1. The number of hydrogen-bond acceptors (Lipinski definition) is 8. The molecule has 0 bridgehead atoms. The summed E-state index contributed by atoms with van der Waals surface area (Å²) in [5, 5.41) is 19.8. The zero-order valence-corrected chi connectivity index (χ0v) is 28.2. The van der Waals surface area contributed by atoms with Gasteiger partial charge in [-0.05, 0) is 79.8 Å². The molecule has 12 heteroatoms. The van der Waals surface area contributed by atoms with E-state index in [2.05, 4.69) is 10.2 Å². The second-order valence-corrected chi connectivity index (χ2v) is 14.4. The van der Waals surface area contributed by atoms with E-state index in [0.29, 0.717) is 33.8 Å². The van der Waals surface area contributed by atoms with E-state index in [1.807, 2.05) is 49.3 Å². The van der Waals surface area contributed by atoms with Crippen LogP contribution in [0.3, 0.4) is 0 Å². The molecule has 3 fully saturated rings. The van der Waals surface area contributed by atoms with Gasteiger partial charge in [0.05, 0.1) is 28.9 Å². The van der Waals surface area contributed by atoms with Crippen LogP contribution in [0.25, 0.3) is 0 Å².